The lowest BCUT2D eigenvalue weighted by atomic mass is 9.78. The van der Waals surface area contributed by atoms with Crippen molar-refractivity contribution < 1.29 is 19.8 Å². The fourth-order valence-corrected chi connectivity index (χ4v) is 4.90. The van der Waals surface area contributed by atoms with E-state index in [0.29, 0.717) is 11.2 Å². The summed E-state index contributed by atoms with van der Waals surface area (Å²) in [4.78, 5) is 29.3. The Bertz CT molecular complexity index is 1470. The highest BCUT2D eigenvalue weighted by Gasteiger charge is 2.27. The van der Waals surface area contributed by atoms with Gasteiger partial charge in [-0.2, -0.15) is 0 Å². The molecule has 0 aliphatic rings. The third kappa shape index (κ3) is 6.30. The summed E-state index contributed by atoms with van der Waals surface area (Å²) in [5.74, 6) is -0.809. The van der Waals surface area contributed by atoms with Gasteiger partial charge in [0, 0.05) is 5.69 Å². The van der Waals surface area contributed by atoms with Crippen molar-refractivity contribution >= 4 is 28.6 Å². The van der Waals surface area contributed by atoms with Crippen molar-refractivity contribution in [3.05, 3.63) is 89.2 Å². The Morgan fingerprint density at radius 3 is 2.10 bits per heavy atom. The standard InChI is InChI=1S/C32H37N3O4/c1-31(2,3)23-14-20(15-24(30(23)39)32(4,5)6)16-28(36)34-22-12-13-25-27(17-22)35(19-33-25)26(18-29(37)38)21-10-8-7-9-11-21/h7-15,17,19,26,39H,16,18H2,1-6H3,(H,34,36)(H,37,38). The van der Waals surface area contributed by atoms with Crippen LogP contribution in [0.5, 0.6) is 5.75 Å². The van der Waals surface area contributed by atoms with E-state index in [2.05, 4.69) is 10.3 Å². The van der Waals surface area contributed by atoms with Gasteiger partial charge in [-0.25, -0.2) is 4.98 Å². The Kier molecular flexibility index (Phi) is 7.55. The first-order valence-electron chi connectivity index (χ1n) is 13.1. The lowest BCUT2D eigenvalue weighted by Crippen LogP contribution is -2.20. The molecule has 0 aliphatic carbocycles. The highest BCUT2D eigenvalue weighted by Crippen LogP contribution is 2.40. The predicted molar refractivity (Wildman–Crippen MR) is 154 cm³/mol. The van der Waals surface area contributed by atoms with Crippen molar-refractivity contribution in [2.75, 3.05) is 5.32 Å². The summed E-state index contributed by atoms with van der Waals surface area (Å²) >= 11 is 0. The number of aromatic hydroxyl groups is 1. The van der Waals surface area contributed by atoms with Crippen LogP contribution in [0.1, 0.15) is 76.3 Å². The van der Waals surface area contributed by atoms with Gasteiger partial charge in [-0.3, -0.25) is 9.59 Å². The van der Waals surface area contributed by atoms with Gasteiger partial charge >= 0.3 is 5.97 Å². The van der Waals surface area contributed by atoms with Crippen LogP contribution in [0.4, 0.5) is 5.69 Å². The second kappa shape index (κ2) is 10.6. The van der Waals surface area contributed by atoms with Crippen LogP contribution in [0, 0.1) is 0 Å². The first-order chi connectivity index (χ1) is 18.2. The van der Waals surface area contributed by atoms with Crippen LogP contribution in [0.2, 0.25) is 0 Å². The first-order valence-corrected chi connectivity index (χ1v) is 13.1. The number of amides is 1. The van der Waals surface area contributed by atoms with Crippen LogP contribution in [0.25, 0.3) is 11.0 Å². The van der Waals surface area contributed by atoms with Crippen LogP contribution in [0.3, 0.4) is 0 Å². The lowest BCUT2D eigenvalue weighted by molar-refractivity contribution is -0.137. The van der Waals surface area contributed by atoms with Crippen LogP contribution < -0.4 is 5.32 Å². The largest absolute Gasteiger partial charge is 0.507 e. The maximum atomic E-state index is 13.2. The van der Waals surface area contributed by atoms with E-state index in [1.807, 2.05) is 101 Å². The van der Waals surface area contributed by atoms with Crippen LogP contribution >= 0.6 is 0 Å². The van der Waals surface area contributed by atoms with Crippen LogP contribution in [0.15, 0.2) is 67.0 Å². The number of carbonyl (C=O) groups excluding carboxylic acids is 1. The molecule has 0 spiro atoms. The minimum atomic E-state index is -0.909. The summed E-state index contributed by atoms with van der Waals surface area (Å²) in [6, 6.07) is 18.3. The highest BCUT2D eigenvalue weighted by molar-refractivity contribution is 5.94. The van der Waals surface area contributed by atoms with Gasteiger partial charge in [0.1, 0.15) is 5.75 Å². The minimum Gasteiger partial charge on any atom is -0.507 e. The number of benzene rings is 3. The molecule has 1 heterocycles. The third-order valence-electron chi connectivity index (χ3n) is 6.90. The molecule has 4 aromatic rings. The molecule has 0 aliphatic heterocycles. The smallest absolute Gasteiger partial charge is 0.305 e. The summed E-state index contributed by atoms with van der Waals surface area (Å²) in [5, 5.41) is 23.6. The number of nitrogens with one attached hydrogen (secondary N) is 1. The number of phenolic OH excluding ortho intramolecular Hbond substituents is 1. The number of hydrogen-bond acceptors (Lipinski definition) is 4. The van der Waals surface area contributed by atoms with Gasteiger partial charge < -0.3 is 20.1 Å². The van der Waals surface area contributed by atoms with Gasteiger partial charge in [-0.05, 0) is 51.3 Å². The maximum Gasteiger partial charge on any atom is 0.305 e. The second-order valence-electron chi connectivity index (χ2n) is 12.1. The molecule has 1 aromatic heterocycles. The minimum absolute atomic E-state index is 0.0981. The second-order valence-corrected chi connectivity index (χ2v) is 12.1. The molecule has 1 amide bonds. The molecule has 1 atom stereocenters. The fourth-order valence-electron chi connectivity index (χ4n) is 4.90. The molecule has 7 heteroatoms. The van der Waals surface area contributed by atoms with E-state index >= 15 is 0 Å². The number of carbonyl (C=O) groups is 2. The number of carboxylic acids is 1. The molecular weight excluding hydrogens is 490 g/mol. The number of imidazole rings is 1. The van der Waals surface area contributed by atoms with Crippen molar-refractivity contribution in [3.8, 4) is 5.75 Å². The Morgan fingerprint density at radius 1 is 0.923 bits per heavy atom. The zero-order valence-electron chi connectivity index (χ0n) is 23.4. The molecule has 0 saturated heterocycles. The molecule has 39 heavy (non-hydrogen) atoms. The predicted octanol–water partition coefficient (Wildman–Crippen LogP) is 6.58. The first kappa shape index (κ1) is 27.9. The molecule has 3 aromatic carbocycles. The number of anilines is 1. The monoisotopic (exact) mass is 527 g/mol. The average molecular weight is 528 g/mol. The molecule has 7 nitrogen and oxygen atoms in total. The van der Waals surface area contributed by atoms with Gasteiger partial charge in [0.25, 0.3) is 0 Å². The van der Waals surface area contributed by atoms with Crippen molar-refractivity contribution in [1.29, 1.82) is 0 Å². The van der Waals surface area contributed by atoms with Gasteiger partial charge in [0.05, 0.1) is 36.2 Å². The molecule has 0 radical (unpaired) electrons. The summed E-state index contributed by atoms with van der Waals surface area (Å²) in [6.45, 7) is 12.3. The van der Waals surface area contributed by atoms with E-state index in [1.54, 1.807) is 12.4 Å². The molecule has 1 unspecified atom stereocenters. The Labute approximate surface area is 229 Å². The Morgan fingerprint density at radius 2 is 1.54 bits per heavy atom. The topological polar surface area (TPSA) is 104 Å². The van der Waals surface area contributed by atoms with Gasteiger partial charge in [-0.15, -0.1) is 0 Å². The number of phenols is 1. The van der Waals surface area contributed by atoms with E-state index in [1.165, 1.54) is 0 Å². The maximum absolute atomic E-state index is 13.2. The number of rotatable bonds is 7. The van der Waals surface area contributed by atoms with Crippen molar-refractivity contribution in [2.45, 2.75) is 71.3 Å². The Hall–Kier alpha value is -4.13. The molecule has 4 rings (SSSR count). The highest BCUT2D eigenvalue weighted by atomic mass is 16.4. The summed E-state index contributed by atoms with van der Waals surface area (Å²) in [7, 11) is 0. The quantitative estimate of drug-likeness (QED) is 0.252. The molecule has 0 bridgehead atoms. The van der Waals surface area contributed by atoms with E-state index in [0.717, 1.165) is 27.8 Å². The van der Waals surface area contributed by atoms with E-state index in [4.69, 9.17) is 0 Å². The van der Waals surface area contributed by atoms with Crippen LogP contribution in [-0.4, -0.2) is 31.6 Å². The number of carboxylic acid groups (broad SMARTS) is 1. The normalized spacial score (nSPS) is 12.9. The zero-order chi connectivity index (χ0) is 28.5. The molecule has 0 saturated carbocycles. The molecule has 204 valence electrons. The zero-order valence-corrected chi connectivity index (χ0v) is 23.4. The lowest BCUT2D eigenvalue weighted by Gasteiger charge is -2.28. The van der Waals surface area contributed by atoms with E-state index < -0.39 is 12.0 Å². The molecule has 3 N–H and O–H groups in total. The van der Waals surface area contributed by atoms with Gasteiger partial charge in [0.2, 0.25) is 5.91 Å². The summed E-state index contributed by atoms with van der Waals surface area (Å²) in [5.41, 5.74) is 4.79. The summed E-state index contributed by atoms with van der Waals surface area (Å²) < 4.78 is 1.85. The van der Waals surface area contributed by atoms with Gasteiger partial charge in [-0.1, -0.05) is 84.0 Å². The number of aromatic nitrogens is 2. The van der Waals surface area contributed by atoms with E-state index in [9.17, 15) is 19.8 Å². The number of aliphatic carboxylic acids is 1. The number of hydrogen-bond donors (Lipinski definition) is 3. The molecular formula is C32H37N3O4. The van der Waals surface area contributed by atoms with Crippen LogP contribution in [-0.2, 0) is 26.8 Å². The number of fused-ring (bicyclic) bond motifs is 1. The summed E-state index contributed by atoms with van der Waals surface area (Å²) in [6.07, 6.45) is 1.70. The van der Waals surface area contributed by atoms with Crippen molar-refractivity contribution in [1.82, 2.24) is 9.55 Å². The van der Waals surface area contributed by atoms with E-state index in [-0.39, 0.29) is 35.3 Å². The van der Waals surface area contributed by atoms with Crippen molar-refractivity contribution in [2.24, 2.45) is 0 Å². The number of nitrogens with zero attached hydrogens (tertiary/aromatic N) is 2. The van der Waals surface area contributed by atoms with Crippen molar-refractivity contribution in [3.63, 3.8) is 0 Å². The average Bonchev–Trinajstić information content (AvgIpc) is 3.25. The molecule has 0 fully saturated rings. The fraction of sp³-hybridized carbons (Fsp3) is 0.344. The van der Waals surface area contributed by atoms with Gasteiger partial charge in [0.15, 0.2) is 0 Å². The third-order valence-corrected chi connectivity index (χ3v) is 6.90. The SMILES string of the molecule is CC(C)(C)c1cc(CC(=O)Nc2ccc3ncn(C(CC(=O)O)c4ccccc4)c3c2)cc(C(C)(C)C)c1O. The Balaban J connectivity index is 1.64.